The molecule has 0 radical (unpaired) electrons. The van der Waals surface area contributed by atoms with Gasteiger partial charge >= 0.3 is 0 Å². The fourth-order valence-electron chi connectivity index (χ4n) is 6.06. The third kappa shape index (κ3) is 4.45. The Kier molecular flexibility index (Phi) is 6.28. The largest absolute Gasteiger partial charge is 0.388 e. The van der Waals surface area contributed by atoms with E-state index < -0.39 is 5.60 Å². The molecule has 1 unspecified atom stereocenters. The van der Waals surface area contributed by atoms with Crippen LogP contribution in [0.2, 0.25) is 0 Å². The van der Waals surface area contributed by atoms with Crippen LogP contribution in [0.4, 0.5) is 0 Å². The number of fused-ring (bicyclic) bond motifs is 1. The van der Waals surface area contributed by atoms with E-state index in [0.717, 1.165) is 25.4 Å². The molecule has 2 atom stereocenters. The second-order valence-corrected chi connectivity index (χ2v) is 11.0. The Morgan fingerprint density at radius 1 is 1.13 bits per heavy atom. The molecule has 1 aromatic carbocycles. The van der Waals surface area contributed by atoms with Crippen molar-refractivity contribution in [2.45, 2.75) is 84.4 Å². The van der Waals surface area contributed by atoms with Crippen molar-refractivity contribution in [3.05, 3.63) is 35.4 Å². The molecule has 0 spiro atoms. The van der Waals surface area contributed by atoms with Crippen molar-refractivity contribution in [3.63, 3.8) is 0 Å². The molecule has 4 heteroatoms. The molecule has 30 heavy (non-hydrogen) atoms. The molecule has 4 rings (SSSR count). The number of aliphatic hydroxyl groups is 1. The van der Waals surface area contributed by atoms with Crippen molar-refractivity contribution in [3.8, 4) is 0 Å². The molecule has 1 saturated heterocycles. The summed E-state index contributed by atoms with van der Waals surface area (Å²) < 4.78 is 0. The van der Waals surface area contributed by atoms with Crippen LogP contribution in [0, 0.1) is 17.3 Å². The second-order valence-electron chi connectivity index (χ2n) is 11.0. The molecular formula is C26H40N2O2. The molecule has 0 aromatic heterocycles. The maximum atomic E-state index is 13.2. The Labute approximate surface area is 182 Å². The molecule has 2 fully saturated rings. The predicted molar refractivity (Wildman–Crippen MR) is 121 cm³/mol. The molecule has 0 bridgehead atoms. The van der Waals surface area contributed by atoms with E-state index in [4.69, 9.17) is 0 Å². The maximum Gasteiger partial charge on any atom is 0.225 e. The van der Waals surface area contributed by atoms with E-state index in [-0.39, 0.29) is 11.3 Å². The lowest BCUT2D eigenvalue weighted by Crippen LogP contribution is -2.62. The van der Waals surface area contributed by atoms with Gasteiger partial charge in [0.2, 0.25) is 5.91 Å². The molecule has 2 heterocycles. The van der Waals surface area contributed by atoms with E-state index in [1.807, 2.05) is 4.90 Å². The summed E-state index contributed by atoms with van der Waals surface area (Å²) in [6.07, 6.45) is 8.30. The van der Waals surface area contributed by atoms with Crippen LogP contribution in [-0.4, -0.2) is 46.0 Å². The monoisotopic (exact) mass is 412 g/mol. The quantitative estimate of drug-likeness (QED) is 0.769. The smallest absolute Gasteiger partial charge is 0.225 e. The predicted octanol–water partition coefficient (Wildman–Crippen LogP) is 4.60. The van der Waals surface area contributed by atoms with Crippen LogP contribution in [0.3, 0.4) is 0 Å². The number of amides is 1. The number of rotatable bonds is 5. The molecule has 1 amide bonds. The number of hydrogen-bond acceptors (Lipinski definition) is 3. The number of nitrogens with zero attached hydrogens (tertiary/aromatic N) is 2. The van der Waals surface area contributed by atoms with Crippen LogP contribution < -0.4 is 0 Å². The number of carbonyl (C=O) groups is 1. The van der Waals surface area contributed by atoms with Gasteiger partial charge in [-0.25, -0.2) is 0 Å². The van der Waals surface area contributed by atoms with E-state index in [1.54, 1.807) is 0 Å². The fraction of sp³-hybridized carbons (Fsp3) is 0.731. The fourth-order valence-corrected chi connectivity index (χ4v) is 6.06. The summed E-state index contributed by atoms with van der Waals surface area (Å²) in [7, 11) is 0. The van der Waals surface area contributed by atoms with E-state index in [2.05, 4.69) is 49.9 Å². The van der Waals surface area contributed by atoms with Crippen LogP contribution in [-0.2, 0) is 17.9 Å². The summed E-state index contributed by atoms with van der Waals surface area (Å²) >= 11 is 0. The molecule has 166 valence electrons. The summed E-state index contributed by atoms with van der Waals surface area (Å²) in [6.45, 7) is 10.2. The first-order chi connectivity index (χ1) is 14.3. The second kappa shape index (κ2) is 8.63. The van der Waals surface area contributed by atoms with Crippen LogP contribution in [0.5, 0.6) is 0 Å². The van der Waals surface area contributed by atoms with Gasteiger partial charge in [-0.3, -0.25) is 9.69 Å². The summed E-state index contributed by atoms with van der Waals surface area (Å²) in [6, 6.07) is 8.58. The van der Waals surface area contributed by atoms with Crippen molar-refractivity contribution >= 4 is 5.91 Å². The number of benzene rings is 1. The van der Waals surface area contributed by atoms with Crippen LogP contribution in [0.25, 0.3) is 0 Å². The number of piperidine rings is 1. The zero-order valence-corrected chi connectivity index (χ0v) is 19.2. The minimum atomic E-state index is -0.765. The molecule has 2 aliphatic heterocycles. The van der Waals surface area contributed by atoms with Crippen LogP contribution in [0.15, 0.2) is 24.3 Å². The number of β-amino-alcohol motifs (C(OH)–C–C–N with tert-alkyl or cyclic N) is 1. The Morgan fingerprint density at radius 2 is 1.77 bits per heavy atom. The van der Waals surface area contributed by atoms with Gasteiger partial charge in [-0.05, 0) is 29.9 Å². The number of carbonyl (C=O) groups excluding carboxylic acids is 1. The summed E-state index contributed by atoms with van der Waals surface area (Å²) in [5.74, 6) is 1.12. The van der Waals surface area contributed by atoms with E-state index >= 15 is 0 Å². The molecular weight excluding hydrogens is 372 g/mol. The average molecular weight is 413 g/mol. The molecule has 1 N–H and O–H groups in total. The van der Waals surface area contributed by atoms with Gasteiger partial charge in [-0.2, -0.15) is 0 Å². The van der Waals surface area contributed by atoms with Gasteiger partial charge in [0, 0.05) is 44.1 Å². The average Bonchev–Trinajstić information content (AvgIpc) is 3.12. The SMILES string of the molecule is C[C@H](CC1CCCCC1)C(=O)N1CCC(O)(CN2Cc3ccccc3C2)C(C)(C)C1. The highest BCUT2D eigenvalue weighted by molar-refractivity contribution is 5.78. The first kappa shape index (κ1) is 21.8. The number of likely N-dealkylation sites (tertiary alicyclic amines) is 1. The summed E-state index contributed by atoms with van der Waals surface area (Å²) in [5, 5.41) is 11.7. The standard InChI is InChI=1S/C26H40N2O2/c1-20(15-21-9-5-4-6-10-21)24(29)28-14-13-26(30,25(2,3)18-28)19-27-16-22-11-7-8-12-23(22)17-27/h7-8,11-12,20-21,30H,4-6,9-10,13-19H2,1-3H3/t20-,26?/m1/s1. The summed E-state index contributed by atoms with van der Waals surface area (Å²) in [4.78, 5) is 17.6. The Balaban J connectivity index is 1.35. The lowest BCUT2D eigenvalue weighted by molar-refractivity contribution is -0.158. The zero-order chi connectivity index (χ0) is 21.4. The van der Waals surface area contributed by atoms with Crippen molar-refractivity contribution in [2.75, 3.05) is 19.6 Å². The third-order valence-electron chi connectivity index (χ3n) is 8.18. The molecule has 1 saturated carbocycles. The van der Waals surface area contributed by atoms with Gasteiger partial charge < -0.3 is 10.0 Å². The van der Waals surface area contributed by atoms with Crippen molar-refractivity contribution in [1.82, 2.24) is 9.80 Å². The number of hydrogen-bond donors (Lipinski definition) is 1. The van der Waals surface area contributed by atoms with Gasteiger partial charge in [0.25, 0.3) is 0 Å². The van der Waals surface area contributed by atoms with Crippen LogP contribution in [0.1, 0.15) is 76.8 Å². The normalized spacial score (nSPS) is 28.3. The van der Waals surface area contributed by atoms with E-state index in [0.29, 0.717) is 32.0 Å². The first-order valence-corrected chi connectivity index (χ1v) is 12.1. The van der Waals surface area contributed by atoms with Gasteiger partial charge in [-0.15, -0.1) is 0 Å². The Hall–Kier alpha value is -1.39. The third-order valence-corrected chi connectivity index (χ3v) is 8.18. The van der Waals surface area contributed by atoms with Crippen molar-refractivity contribution in [2.24, 2.45) is 17.3 Å². The van der Waals surface area contributed by atoms with Crippen molar-refractivity contribution in [1.29, 1.82) is 0 Å². The lowest BCUT2D eigenvalue weighted by atomic mass is 9.69. The van der Waals surface area contributed by atoms with Gasteiger partial charge in [-0.1, -0.05) is 77.1 Å². The topological polar surface area (TPSA) is 43.8 Å². The van der Waals surface area contributed by atoms with Crippen LogP contribution >= 0.6 is 0 Å². The summed E-state index contributed by atoms with van der Waals surface area (Å²) in [5.41, 5.74) is 1.67. The maximum absolute atomic E-state index is 13.2. The molecule has 3 aliphatic rings. The van der Waals surface area contributed by atoms with E-state index in [1.165, 1.54) is 43.2 Å². The Bertz CT molecular complexity index is 730. The minimum absolute atomic E-state index is 0.100. The zero-order valence-electron chi connectivity index (χ0n) is 19.2. The molecule has 1 aliphatic carbocycles. The van der Waals surface area contributed by atoms with Gasteiger partial charge in [0.15, 0.2) is 0 Å². The highest BCUT2D eigenvalue weighted by atomic mass is 16.3. The molecule has 4 nitrogen and oxygen atoms in total. The molecule has 1 aromatic rings. The minimum Gasteiger partial charge on any atom is -0.388 e. The van der Waals surface area contributed by atoms with E-state index in [9.17, 15) is 9.90 Å². The highest BCUT2D eigenvalue weighted by Gasteiger charge is 2.50. The van der Waals surface area contributed by atoms with Gasteiger partial charge in [0.05, 0.1) is 5.60 Å². The Morgan fingerprint density at radius 3 is 2.37 bits per heavy atom. The lowest BCUT2D eigenvalue weighted by Gasteiger charge is -2.52. The van der Waals surface area contributed by atoms with Gasteiger partial charge in [0.1, 0.15) is 0 Å². The van der Waals surface area contributed by atoms with Crippen molar-refractivity contribution < 1.29 is 9.90 Å². The first-order valence-electron chi connectivity index (χ1n) is 12.1. The highest BCUT2D eigenvalue weighted by Crippen LogP contribution is 2.41.